The number of halogens is 3. The minimum Gasteiger partial charge on any atom is -0.368 e. The van der Waals surface area contributed by atoms with Crippen molar-refractivity contribution in [3.63, 3.8) is 0 Å². The number of benzene rings is 1. The summed E-state index contributed by atoms with van der Waals surface area (Å²) in [5, 5.41) is 0. The maximum absolute atomic E-state index is 14.0. The van der Waals surface area contributed by atoms with Gasteiger partial charge in [0.05, 0.1) is 16.9 Å². The van der Waals surface area contributed by atoms with Gasteiger partial charge in [0.2, 0.25) is 17.7 Å². The number of carbonyl (C=O) groups is 3. The number of hydrogen-bond acceptors (Lipinski definition) is 6. The lowest BCUT2D eigenvalue weighted by atomic mass is 9.87. The number of piperazine rings is 1. The summed E-state index contributed by atoms with van der Waals surface area (Å²) in [6.45, 7) is 10.1. The summed E-state index contributed by atoms with van der Waals surface area (Å²) >= 11 is 0. The molecule has 2 aromatic rings. The summed E-state index contributed by atoms with van der Waals surface area (Å²) < 4.78 is 41.1. The molecule has 5 aliphatic heterocycles. The molecule has 0 radical (unpaired) electrons. The monoisotopic (exact) mass is 596 g/mol. The summed E-state index contributed by atoms with van der Waals surface area (Å²) in [5.74, 6) is -1.45. The fourth-order valence-electron chi connectivity index (χ4n) is 7.30. The fraction of sp³-hybridized carbons (Fsp3) is 0.484. The lowest BCUT2D eigenvalue weighted by Crippen LogP contribution is -2.70. The van der Waals surface area contributed by atoms with Crippen molar-refractivity contribution < 1.29 is 27.6 Å². The standard InChI is InChI=1S/C31H35F3N6O3/c1-5-26(41)38-16-22-14-23(17-38)39(22)10-9-37-15-20-12-27(42)40(25-13-21(31(32,33)34)11-19(3)35-25)29(20)30(43)36(4)24-8-6-7-18(2)28(24)37/h5-8,11,13,20,22-23,29H,1,9-10,12,14-17H2,2-4H3/t20-,22?,23?,29+/m1/s1. The smallest absolute Gasteiger partial charge is 0.368 e. The Kier molecular flexibility index (Phi) is 7.22. The zero-order valence-electron chi connectivity index (χ0n) is 24.5. The van der Waals surface area contributed by atoms with E-state index >= 15 is 0 Å². The van der Waals surface area contributed by atoms with Gasteiger partial charge in [-0.25, -0.2) is 4.98 Å². The van der Waals surface area contributed by atoms with E-state index in [0.717, 1.165) is 36.3 Å². The van der Waals surface area contributed by atoms with Gasteiger partial charge in [-0.1, -0.05) is 18.7 Å². The summed E-state index contributed by atoms with van der Waals surface area (Å²) in [6.07, 6.45) is -2.21. The van der Waals surface area contributed by atoms with E-state index in [0.29, 0.717) is 31.9 Å². The normalized spacial score (nSPS) is 25.6. The molecule has 4 atom stereocenters. The first-order valence-corrected chi connectivity index (χ1v) is 14.5. The van der Waals surface area contributed by atoms with Gasteiger partial charge in [-0.05, 0) is 50.1 Å². The molecule has 228 valence electrons. The van der Waals surface area contributed by atoms with Crippen LogP contribution in [0.1, 0.15) is 29.7 Å². The topological polar surface area (TPSA) is 80.3 Å². The average molecular weight is 597 g/mol. The molecule has 1 aromatic heterocycles. The van der Waals surface area contributed by atoms with Crippen molar-refractivity contribution in [1.82, 2.24) is 14.8 Å². The minimum absolute atomic E-state index is 0.0204. The van der Waals surface area contributed by atoms with Gasteiger partial charge in [0.1, 0.15) is 11.9 Å². The van der Waals surface area contributed by atoms with E-state index in [1.165, 1.54) is 22.8 Å². The molecule has 0 aliphatic carbocycles. The molecule has 0 N–H and O–H groups in total. The highest BCUT2D eigenvalue weighted by atomic mass is 19.4. The first-order valence-electron chi connectivity index (χ1n) is 14.5. The molecule has 43 heavy (non-hydrogen) atoms. The molecule has 2 bridgehead atoms. The van der Waals surface area contributed by atoms with E-state index in [2.05, 4.69) is 21.4 Å². The number of fused-ring (bicyclic) bond motifs is 4. The number of aryl methyl sites for hydroxylation is 2. The summed E-state index contributed by atoms with van der Waals surface area (Å²) in [6, 6.07) is 7.06. The summed E-state index contributed by atoms with van der Waals surface area (Å²) in [4.78, 5) is 53.1. The molecule has 7 rings (SSSR count). The molecule has 1 aromatic carbocycles. The van der Waals surface area contributed by atoms with Crippen LogP contribution in [0, 0.1) is 19.8 Å². The highest BCUT2D eigenvalue weighted by Gasteiger charge is 2.50. The number of carbonyl (C=O) groups excluding carboxylic acids is 3. The number of pyridine rings is 1. The Morgan fingerprint density at radius 3 is 2.49 bits per heavy atom. The van der Waals surface area contributed by atoms with Crippen molar-refractivity contribution in [2.24, 2.45) is 5.92 Å². The van der Waals surface area contributed by atoms with Crippen LogP contribution in [0.3, 0.4) is 0 Å². The van der Waals surface area contributed by atoms with Gasteiger partial charge < -0.3 is 14.7 Å². The number of anilines is 3. The molecule has 4 fully saturated rings. The number of alkyl halides is 3. The van der Waals surface area contributed by atoms with Crippen LogP contribution >= 0.6 is 0 Å². The Morgan fingerprint density at radius 2 is 1.81 bits per heavy atom. The van der Waals surface area contributed by atoms with Crippen LogP contribution in [0.15, 0.2) is 43.0 Å². The second-order valence-electron chi connectivity index (χ2n) is 12.0. The number of nitrogens with zero attached hydrogens (tertiary/aromatic N) is 6. The lowest BCUT2D eigenvalue weighted by molar-refractivity contribution is -0.138. The zero-order chi connectivity index (χ0) is 30.8. The first-order chi connectivity index (χ1) is 20.4. The van der Waals surface area contributed by atoms with Gasteiger partial charge in [0.25, 0.3) is 0 Å². The Hall–Kier alpha value is -3.93. The Labute approximate surface area is 248 Å². The van der Waals surface area contributed by atoms with E-state index < -0.39 is 29.6 Å². The number of rotatable bonds is 5. The number of aromatic nitrogens is 1. The van der Waals surface area contributed by atoms with Crippen LogP contribution in [-0.4, -0.2) is 90.4 Å². The Bertz CT molecular complexity index is 1480. The maximum Gasteiger partial charge on any atom is 0.416 e. The number of amides is 3. The molecule has 5 aliphatic rings. The number of piperidine rings is 1. The van der Waals surface area contributed by atoms with E-state index in [1.807, 2.05) is 30.0 Å². The van der Waals surface area contributed by atoms with Crippen LogP contribution in [0.2, 0.25) is 0 Å². The van der Waals surface area contributed by atoms with Gasteiger partial charge in [-0.15, -0.1) is 0 Å². The second-order valence-corrected chi connectivity index (χ2v) is 12.0. The Morgan fingerprint density at radius 1 is 1.09 bits per heavy atom. The molecule has 9 nitrogen and oxygen atoms in total. The van der Waals surface area contributed by atoms with E-state index in [4.69, 9.17) is 0 Å². The fourth-order valence-corrected chi connectivity index (χ4v) is 7.30. The number of para-hydroxylation sites is 1. The van der Waals surface area contributed by atoms with Crippen LogP contribution < -0.4 is 14.7 Å². The first kappa shape index (κ1) is 29.2. The predicted molar refractivity (Wildman–Crippen MR) is 156 cm³/mol. The van der Waals surface area contributed by atoms with E-state index in [1.54, 1.807) is 7.05 Å². The molecule has 0 spiro atoms. The molecule has 12 heteroatoms. The van der Waals surface area contributed by atoms with Crippen molar-refractivity contribution in [2.75, 3.05) is 54.5 Å². The molecule has 2 unspecified atom stereocenters. The third-order valence-corrected chi connectivity index (χ3v) is 9.34. The second kappa shape index (κ2) is 10.7. The predicted octanol–water partition coefficient (Wildman–Crippen LogP) is 3.39. The third-order valence-electron chi connectivity index (χ3n) is 9.34. The highest BCUT2D eigenvalue weighted by Crippen LogP contribution is 2.42. The van der Waals surface area contributed by atoms with Crippen molar-refractivity contribution in [3.8, 4) is 0 Å². The molecular weight excluding hydrogens is 561 g/mol. The number of likely N-dealkylation sites (N-methyl/N-ethyl adjacent to an activating group) is 1. The quantitative estimate of drug-likeness (QED) is 0.493. The molecule has 0 saturated carbocycles. The van der Waals surface area contributed by atoms with Gasteiger partial charge in [0, 0.05) is 69.9 Å². The van der Waals surface area contributed by atoms with Gasteiger partial charge in [0.15, 0.2) is 0 Å². The molecule has 3 amide bonds. The van der Waals surface area contributed by atoms with Crippen LogP contribution in [0.25, 0.3) is 0 Å². The van der Waals surface area contributed by atoms with Crippen molar-refractivity contribution in [3.05, 3.63) is 59.8 Å². The molecule has 4 saturated heterocycles. The maximum atomic E-state index is 14.0. The van der Waals surface area contributed by atoms with Gasteiger partial charge in [-0.2, -0.15) is 13.2 Å². The van der Waals surface area contributed by atoms with Gasteiger partial charge in [-0.3, -0.25) is 24.2 Å². The third kappa shape index (κ3) is 5.05. The SMILES string of the molecule is C=CC(=O)N1CC2CC(C1)N2CCN1C[C@H]2CC(=O)N(c3cc(C(F)(F)F)cc(C)n3)[C@@H]2C(=O)N(C)c2cccc(C)c21. The lowest BCUT2D eigenvalue weighted by Gasteiger charge is -2.56. The molecular formula is C31H35F3N6O3. The van der Waals surface area contributed by atoms with Crippen molar-refractivity contribution in [2.45, 2.75) is 51.0 Å². The van der Waals surface area contributed by atoms with Gasteiger partial charge >= 0.3 is 6.18 Å². The Balaban J connectivity index is 1.31. The van der Waals surface area contributed by atoms with Crippen molar-refractivity contribution in [1.29, 1.82) is 0 Å². The van der Waals surface area contributed by atoms with Crippen LogP contribution in [0.4, 0.5) is 30.4 Å². The number of hydrogen-bond donors (Lipinski definition) is 0. The zero-order valence-corrected chi connectivity index (χ0v) is 24.5. The largest absolute Gasteiger partial charge is 0.416 e. The minimum atomic E-state index is -4.62. The summed E-state index contributed by atoms with van der Waals surface area (Å²) in [5.41, 5.74) is 1.78. The van der Waals surface area contributed by atoms with Crippen LogP contribution in [0.5, 0.6) is 0 Å². The van der Waals surface area contributed by atoms with E-state index in [9.17, 15) is 27.6 Å². The van der Waals surface area contributed by atoms with E-state index in [-0.39, 0.29) is 41.8 Å². The molecule has 6 heterocycles. The van der Waals surface area contributed by atoms with Crippen LogP contribution in [-0.2, 0) is 20.6 Å². The van der Waals surface area contributed by atoms with Crippen molar-refractivity contribution >= 4 is 34.9 Å². The highest BCUT2D eigenvalue weighted by molar-refractivity contribution is 6.10. The average Bonchev–Trinajstić information content (AvgIpc) is 3.29. The summed E-state index contributed by atoms with van der Waals surface area (Å²) in [7, 11) is 1.65.